The quantitative estimate of drug-likeness (QED) is 0.391. The van der Waals surface area contributed by atoms with Gasteiger partial charge in [0, 0.05) is 56.2 Å². The Labute approximate surface area is 191 Å². The summed E-state index contributed by atoms with van der Waals surface area (Å²) in [6, 6.07) is 14.0. The Morgan fingerprint density at radius 2 is 1.94 bits per heavy atom. The van der Waals surface area contributed by atoms with Crippen LogP contribution in [0.1, 0.15) is 6.42 Å². The van der Waals surface area contributed by atoms with Crippen LogP contribution in [0.2, 0.25) is 0 Å². The van der Waals surface area contributed by atoms with Crippen molar-refractivity contribution in [2.24, 2.45) is 0 Å². The van der Waals surface area contributed by atoms with E-state index in [2.05, 4.69) is 27.8 Å². The lowest BCUT2D eigenvalue weighted by atomic mass is 10.1. The molecule has 7 nitrogen and oxygen atoms in total. The van der Waals surface area contributed by atoms with E-state index >= 15 is 0 Å². The van der Waals surface area contributed by atoms with Crippen LogP contribution in [0.15, 0.2) is 60.2 Å². The Hall–Kier alpha value is -3.36. The molecule has 1 N–H and O–H groups in total. The van der Waals surface area contributed by atoms with Crippen LogP contribution in [-0.4, -0.2) is 54.7 Å². The second kappa shape index (κ2) is 10.3. The molecule has 0 saturated heterocycles. The molecule has 0 aliphatic carbocycles. The van der Waals surface area contributed by atoms with Crippen molar-refractivity contribution in [1.29, 1.82) is 0 Å². The third-order valence-electron chi connectivity index (χ3n) is 5.01. The number of hydrogen-bond acceptors (Lipinski definition) is 7. The van der Waals surface area contributed by atoms with E-state index in [0.717, 1.165) is 39.1 Å². The summed E-state index contributed by atoms with van der Waals surface area (Å²) >= 11 is 1.57. The van der Waals surface area contributed by atoms with Gasteiger partial charge in [0.05, 0.1) is 11.9 Å². The Morgan fingerprint density at radius 3 is 2.69 bits per heavy atom. The minimum atomic E-state index is -0.0604. The van der Waals surface area contributed by atoms with E-state index < -0.39 is 0 Å². The maximum absolute atomic E-state index is 12.5. The first-order valence-electron chi connectivity index (χ1n) is 10.4. The number of methoxy groups -OCH3 is 1. The Bertz CT molecular complexity index is 1180. The number of aromatic nitrogens is 3. The van der Waals surface area contributed by atoms with Crippen molar-refractivity contribution in [2.75, 3.05) is 38.8 Å². The third kappa shape index (κ3) is 4.92. The van der Waals surface area contributed by atoms with Crippen molar-refractivity contribution in [3.05, 3.63) is 60.2 Å². The summed E-state index contributed by atoms with van der Waals surface area (Å²) < 4.78 is 5.04. The molecule has 0 radical (unpaired) electrons. The molecule has 0 saturated carbocycles. The Balaban J connectivity index is 1.72. The fourth-order valence-electron chi connectivity index (χ4n) is 3.44. The molecule has 8 heteroatoms. The maximum Gasteiger partial charge on any atom is 0.239 e. The summed E-state index contributed by atoms with van der Waals surface area (Å²) in [6.45, 7) is 1.39. The second-order valence-corrected chi connectivity index (χ2v) is 8.22. The number of carbonyl (C=O) groups is 1. The highest BCUT2D eigenvalue weighted by Gasteiger charge is 2.20. The molecule has 1 amide bonds. The van der Waals surface area contributed by atoms with Gasteiger partial charge in [0.15, 0.2) is 5.82 Å². The van der Waals surface area contributed by atoms with Crippen molar-refractivity contribution in [1.82, 2.24) is 20.3 Å². The number of likely N-dealkylation sites (N-methyl/N-ethyl adjacent to an activating group) is 1. The molecule has 0 bridgehead atoms. The Kier molecular flexibility index (Phi) is 7.03. The van der Waals surface area contributed by atoms with Crippen molar-refractivity contribution in [3.63, 3.8) is 0 Å². The summed E-state index contributed by atoms with van der Waals surface area (Å²) in [6.07, 6.45) is 4.25. The van der Waals surface area contributed by atoms with Crippen molar-refractivity contribution in [2.45, 2.75) is 6.42 Å². The van der Waals surface area contributed by atoms with Crippen LogP contribution in [0, 0.1) is 0 Å². The number of nitrogens with zero attached hydrogens (tertiary/aromatic N) is 4. The highest BCUT2D eigenvalue weighted by atomic mass is 32.1. The number of rotatable bonds is 9. The second-order valence-electron chi connectivity index (χ2n) is 7.36. The molecule has 0 atom stereocenters. The molecule has 3 aromatic heterocycles. The van der Waals surface area contributed by atoms with Crippen LogP contribution >= 0.6 is 11.3 Å². The predicted octanol–water partition coefficient (Wildman–Crippen LogP) is 4.01. The van der Waals surface area contributed by atoms with Gasteiger partial charge in [-0.1, -0.05) is 30.3 Å². The number of amides is 1. The van der Waals surface area contributed by atoms with Gasteiger partial charge in [-0.2, -0.15) is 0 Å². The molecular weight excluding hydrogens is 422 g/mol. The molecule has 4 rings (SSSR count). The van der Waals surface area contributed by atoms with E-state index in [1.165, 1.54) is 0 Å². The lowest BCUT2D eigenvalue weighted by Crippen LogP contribution is -2.36. The number of ether oxygens (including phenoxy) is 1. The highest BCUT2D eigenvalue weighted by Crippen LogP contribution is 2.39. The SMILES string of the molecule is COCCCNC(=O)CN(C)c1nc(-c2cccnc2)nc2scc(-c3ccccc3)c12. The van der Waals surface area contributed by atoms with Gasteiger partial charge in [0.2, 0.25) is 5.91 Å². The molecule has 3 heterocycles. The lowest BCUT2D eigenvalue weighted by molar-refractivity contribution is -0.119. The number of benzene rings is 1. The molecule has 32 heavy (non-hydrogen) atoms. The van der Waals surface area contributed by atoms with Crippen LogP contribution in [0.4, 0.5) is 5.82 Å². The molecule has 1 aromatic carbocycles. The van der Waals surface area contributed by atoms with Gasteiger partial charge < -0.3 is 15.0 Å². The summed E-state index contributed by atoms with van der Waals surface area (Å²) in [7, 11) is 3.54. The van der Waals surface area contributed by atoms with Crippen LogP contribution in [0.3, 0.4) is 0 Å². The molecule has 0 unspecified atom stereocenters. The first-order chi connectivity index (χ1) is 15.7. The summed E-state index contributed by atoms with van der Waals surface area (Å²) in [5.74, 6) is 1.25. The standard InChI is InChI=1S/C24H25N5O2S/c1-29(15-20(30)26-12-7-13-31-2)23-21-19(17-8-4-3-5-9-17)16-32-24(21)28-22(27-23)18-10-6-11-25-14-18/h3-6,8-11,14,16H,7,12-13,15H2,1-2H3,(H,26,30). The van der Waals surface area contributed by atoms with Crippen LogP contribution in [0.25, 0.3) is 32.7 Å². The fraction of sp³-hybridized carbons (Fsp3) is 0.250. The van der Waals surface area contributed by atoms with Crippen LogP contribution in [-0.2, 0) is 9.53 Å². The molecule has 0 fully saturated rings. The molecule has 4 aromatic rings. The van der Waals surface area contributed by atoms with Crippen LogP contribution < -0.4 is 10.2 Å². The average Bonchev–Trinajstić information content (AvgIpc) is 3.26. The molecule has 0 aliphatic heterocycles. The predicted molar refractivity (Wildman–Crippen MR) is 129 cm³/mol. The maximum atomic E-state index is 12.5. The number of thiophene rings is 1. The van der Waals surface area contributed by atoms with Gasteiger partial charge in [-0.3, -0.25) is 9.78 Å². The lowest BCUT2D eigenvalue weighted by Gasteiger charge is -2.20. The molecular formula is C24H25N5O2S. The van der Waals surface area contributed by atoms with E-state index in [0.29, 0.717) is 19.0 Å². The zero-order chi connectivity index (χ0) is 22.3. The number of hydrogen-bond donors (Lipinski definition) is 1. The van der Waals surface area contributed by atoms with Gasteiger partial charge in [0.25, 0.3) is 0 Å². The summed E-state index contributed by atoms with van der Waals surface area (Å²) in [4.78, 5) is 29.2. The zero-order valence-corrected chi connectivity index (χ0v) is 18.9. The third-order valence-corrected chi connectivity index (χ3v) is 5.88. The minimum absolute atomic E-state index is 0.0604. The molecule has 0 spiro atoms. The Morgan fingerprint density at radius 1 is 1.12 bits per heavy atom. The normalized spacial score (nSPS) is 10.9. The topological polar surface area (TPSA) is 80.2 Å². The van der Waals surface area contributed by atoms with Gasteiger partial charge in [-0.15, -0.1) is 11.3 Å². The van der Waals surface area contributed by atoms with Gasteiger partial charge in [0.1, 0.15) is 10.6 Å². The smallest absolute Gasteiger partial charge is 0.239 e. The van der Waals surface area contributed by atoms with Crippen LogP contribution in [0.5, 0.6) is 0 Å². The van der Waals surface area contributed by atoms with E-state index in [-0.39, 0.29) is 12.5 Å². The van der Waals surface area contributed by atoms with Crippen molar-refractivity contribution < 1.29 is 9.53 Å². The van der Waals surface area contributed by atoms with Gasteiger partial charge in [-0.05, 0) is 24.1 Å². The molecule has 164 valence electrons. The summed E-state index contributed by atoms with van der Waals surface area (Å²) in [5, 5.41) is 5.99. The van der Waals surface area contributed by atoms with E-state index in [1.54, 1.807) is 30.8 Å². The van der Waals surface area contributed by atoms with Gasteiger partial charge in [-0.25, -0.2) is 9.97 Å². The fourth-order valence-corrected chi connectivity index (χ4v) is 4.39. The van der Waals surface area contributed by atoms with Crippen molar-refractivity contribution in [3.8, 4) is 22.5 Å². The number of anilines is 1. The number of pyridine rings is 1. The average molecular weight is 448 g/mol. The first-order valence-corrected chi connectivity index (χ1v) is 11.3. The molecule has 0 aliphatic rings. The van der Waals surface area contributed by atoms with E-state index in [9.17, 15) is 4.79 Å². The van der Waals surface area contributed by atoms with Crippen molar-refractivity contribution >= 4 is 33.3 Å². The minimum Gasteiger partial charge on any atom is -0.385 e. The number of nitrogens with one attached hydrogen (secondary N) is 1. The van der Waals surface area contributed by atoms with Gasteiger partial charge >= 0.3 is 0 Å². The first kappa shape index (κ1) is 21.9. The monoisotopic (exact) mass is 447 g/mol. The number of carbonyl (C=O) groups excluding carboxylic acids is 1. The zero-order valence-electron chi connectivity index (χ0n) is 18.1. The highest BCUT2D eigenvalue weighted by molar-refractivity contribution is 7.17. The largest absolute Gasteiger partial charge is 0.385 e. The van der Waals surface area contributed by atoms with E-state index in [1.807, 2.05) is 42.3 Å². The van der Waals surface area contributed by atoms with E-state index in [4.69, 9.17) is 14.7 Å². The number of fused-ring (bicyclic) bond motifs is 1. The summed E-state index contributed by atoms with van der Waals surface area (Å²) in [5.41, 5.74) is 2.99.